The van der Waals surface area contributed by atoms with Crippen molar-refractivity contribution in [1.29, 1.82) is 0 Å². The lowest BCUT2D eigenvalue weighted by Gasteiger charge is -2.35. The second kappa shape index (κ2) is 6.48. The van der Waals surface area contributed by atoms with Crippen LogP contribution in [-0.2, 0) is 11.2 Å². The lowest BCUT2D eigenvalue weighted by molar-refractivity contribution is -0.123. The number of carbonyl (C=O) groups is 1. The molecular weight excluding hydrogens is 264 g/mol. The van der Waals surface area contributed by atoms with Gasteiger partial charge < -0.3 is 16.2 Å². The van der Waals surface area contributed by atoms with Gasteiger partial charge in [0.05, 0.1) is 6.04 Å². The van der Waals surface area contributed by atoms with E-state index in [-0.39, 0.29) is 17.7 Å². The van der Waals surface area contributed by atoms with Crippen molar-refractivity contribution < 1.29 is 9.90 Å². The average molecular weight is 290 g/mol. The smallest absolute Gasteiger partial charge is 0.237 e. The minimum atomic E-state index is -0.538. The number of hydrogen-bond donors (Lipinski definition) is 3. The van der Waals surface area contributed by atoms with Gasteiger partial charge in [-0.05, 0) is 55.2 Å². The molecule has 4 N–H and O–H groups in total. The van der Waals surface area contributed by atoms with E-state index >= 15 is 0 Å². The summed E-state index contributed by atoms with van der Waals surface area (Å²) in [6.07, 6.45) is 4.84. The van der Waals surface area contributed by atoms with Crippen LogP contribution in [0.25, 0.3) is 0 Å². The Morgan fingerprint density at radius 1 is 1.33 bits per heavy atom. The first-order chi connectivity index (χ1) is 9.85. The summed E-state index contributed by atoms with van der Waals surface area (Å²) >= 11 is 0. The molecule has 1 saturated carbocycles. The Hall–Kier alpha value is -1.55. The molecule has 1 atom stereocenters. The Balaban J connectivity index is 1.81. The van der Waals surface area contributed by atoms with Gasteiger partial charge in [0.25, 0.3) is 0 Å². The molecule has 1 fully saturated rings. The molecule has 0 aromatic heterocycles. The van der Waals surface area contributed by atoms with Crippen LogP contribution < -0.4 is 11.1 Å². The summed E-state index contributed by atoms with van der Waals surface area (Å²) in [5.74, 6) is 0.148. The quantitative estimate of drug-likeness (QED) is 0.796. The van der Waals surface area contributed by atoms with Crippen molar-refractivity contribution in [2.75, 3.05) is 0 Å². The maximum Gasteiger partial charge on any atom is 0.237 e. The van der Waals surface area contributed by atoms with Gasteiger partial charge in [0.15, 0.2) is 0 Å². The first-order valence-corrected chi connectivity index (χ1v) is 7.70. The van der Waals surface area contributed by atoms with Gasteiger partial charge in [0, 0.05) is 6.04 Å². The van der Waals surface area contributed by atoms with Crippen molar-refractivity contribution in [3.05, 3.63) is 29.8 Å². The minimum absolute atomic E-state index is 0.0761. The zero-order valence-corrected chi connectivity index (χ0v) is 12.9. The van der Waals surface area contributed by atoms with Gasteiger partial charge in [-0.2, -0.15) is 0 Å². The van der Waals surface area contributed by atoms with Crippen LogP contribution >= 0.6 is 0 Å². The van der Waals surface area contributed by atoms with Gasteiger partial charge in [0.1, 0.15) is 5.75 Å². The van der Waals surface area contributed by atoms with Gasteiger partial charge >= 0.3 is 0 Å². The Morgan fingerprint density at radius 2 is 1.90 bits per heavy atom. The predicted molar refractivity (Wildman–Crippen MR) is 84.0 cm³/mol. The molecule has 0 heterocycles. The van der Waals surface area contributed by atoms with Gasteiger partial charge in [-0.1, -0.05) is 26.0 Å². The molecule has 21 heavy (non-hydrogen) atoms. The molecule has 4 heteroatoms. The van der Waals surface area contributed by atoms with Crippen molar-refractivity contribution in [1.82, 2.24) is 5.32 Å². The van der Waals surface area contributed by atoms with E-state index in [0.717, 1.165) is 31.2 Å². The van der Waals surface area contributed by atoms with Crippen LogP contribution in [0.5, 0.6) is 5.75 Å². The molecule has 0 bridgehead atoms. The molecule has 116 valence electrons. The number of phenolic OH excluding ortho intramolecular Hbond substituents is 1. The summed E-state index contributed by atoms with van der Waals surface area (Å²) < 4.78 is 0. The Labute approximate surface area is 126 Å². The van der Waals surface area contributed by atoms with E-state index < -0.39 is 6.04 Å². The van der Waals surface area contributed by atoms with Crippen LogP contribution in [0, 0.1) is 5.41 Å². The van der Waals surface area contributed by atoms with Crippen molar-refractivity contribution in [3.63, 3.8) is 0 Å². The largest absolute Gasteiger partial charge is 0.508 e. The zero-order valence-electron chi connectivity index (χ0n) is 12.9. The van der Waals surface area contributed by atoms with Crippen LogP contribution in [0.2, 0.25) is 0 Å². The second-order valence-corrected chi connectivity index (χ2v) is 6.92. The molecule has 0 aliphatic heterocycles. The van der Waals surface area contributed by atoms with Crippen molar-refractivity contribution in [2.45, 2.75) is 58.0 Å². The van der Waals surface area contributed by atoms with E-state index in [1.54, 1.807) is 24.3 Å². The number of amides is 1. The zero-order chi connectivity index (χ0) is 15.5. The lowest BCUT2D eigenvalue weighted by atomic mass is 9.75. The van der Waals surface area contributed by atoms with Crippen LogP contribution in [-0.4, -0.2) is 23.1 Å². The normalized spacial score (nSPS) is 20.0. The third-order valence-corrected chi connectivity index (χ3v) is 4.41. The fourth-order valence-corrected chi connectivity index (χ4v) is 2.83. The molecule has 0 radical (unpaired) electrons. The lowest BCUT2D eigenvalue weighted by Crippen LogP contribution is -2.47. The first-order valence-electron chi connectivity index (χ1n) is 7.70. The highest BCUT2D eigenvalue weighted by Gasteiger charge is 2.28. The van der Waals surface area contributed by atoms with Crippen LogP contribution in [0.15, 0.2) is 24.3 Å². The number of aromatic hydroxyl groups is 1. The topological polar surface area (TPSA) is 75.4 Å². The Morgan fingerprint density at radius 3 is 2.48 bits per heavy atom. The summed E-state index contributed by atoms with van der Waals surface area (Å²) in [5, 5.41) is 12.3. The summed E-state index contributed by atoms with van der Waals surface area (Å²) in [6.45, 7) is 4.56. The van der Waals surface area contributed by atoms with Crippen LogP contribution in [0.3, 0.4) is 0 Å². The number of benzene rings is 1. The van der Waals surface area contributed by atoms with Crippen LogP contribution in [0.1, 0.15) is 45.1 Å². The number of rotatable bonds is 4. The van der Waals surface area contributed by atoms with E-state index in [0.29, 0.717) is 11.8 Å². The number of nitrogens with two attached hydrogens (primary N) is 1. The first kappa shape index (κ1) is 15.8. The van der Waals surface area contributed by atoms with Gasteiger partial charge in [-0.3, -0.25) is 4.79 Å². The summed E-state index contributed by atoms with van der Waals surface area (Å²) in [6, 6.07) is 6.55. The third kappa shape index (κ3) is 4.74. The highest BCUT2D eigenvalue weighted by Crippen LogP contribution is 2.34. The minimum Gasteiger partial charge on any atom is -0.508 e. The van der Waals surface area contributed by atoms with E-state index in [1.807, 2.05) is 0 Å². The molecule has 0 spiro atoms. The monoisotopic (exact) mass is 290 g/mol. The molecule has 0 saturated heterocycles. The summed E-state index contributed by atoms with van der Waals surface area (Å²) in [4.78, 5) is 12.2. The summed E-state index contributed by atoms with van der Waals surface area (Å²) in [5.41, 5.74) is 7.34. The van der Waals surface area contributed by atoms with E-state index in [9.17, 15) is 9.90 Å². The highest BCUT2D eigenvalue weighted by molar-refractivity contribution is 5.82. The van der Waals surface area contributed by atoms with Gasteiger partial charge in [0.2, 0.25) is 5.91 Å². The number of hydrogen-bond acceptors (Lipinski definition) is 3. The van der Waals surface area contributed by atoms with E-state index in [1.165, 1.54) is 0 Å². The van der Waals surface area contributed by atoms with Gasteiger partial charge in [-0.15, -0.1) is 0 Å². The molecule has 1 unspecified atom stereocenters. The molecule has 1 aromatic carbocycles. The van der Waals surface area contributed by atoms with Crippen molar-refractivity contribution in [2.24, 2.45) is 11.1 Å². The number of carbonyl (C=O) groups excluding carboxylic acids is 1. The van der Waals surface area contributed by atoms with E-state index in [4.69, 9.17) is 5.73 Å². The molecule has 1 aromatic rings. The molecule has 2 rings (SSSR count). The maximum atomic E-state index is 12.2. The average Bonchev–Trinajstić information content (AvgIpc) is 2.43. The molecule has 4 nitrogen and oxygen atoms in total. The number of phenols is 1. The standard InChI is InChI=1S/C17H26N2O2/c1-17(2)9-7-13(8-10-17)19-16(21)15(18)11-12-3-5-14(20)6-4-12/h3-6,13,15,20H,7-11,18H2,1-2H3,(H,19,21). The Kier molecular flexibility index (Phi) is 4.88. The molecule has 1 aliphatic rings. The second-order valence-electron chi connectivity index (χ2n) is 6.92. The summed E-state index contributed by atoms with van der Waals surface area (Å²) in [7, 11) is 0. The maximum absolute atomic E-state index is 12.2. The SMILES string of the molecule is CC1(C)CCC(NC(=O)C(N)Cc2ccc(O)cc2)CC1. The molecule has 1 aliphatic carbocycles. The van der Waals surface area contributed by atoms with E-state index in [2.05, 4.69) is 19.2 Å². The van der Waals surface area contributed by atoms with Gasteiger partial charge in [-0.25, -0.2) is 0 Å². The van der Waals surface area contributed by atoms with Crippen LogP contribution in [0.4, 0.5) is 0 Å². The predicted octanol–water partition coefficient (Wildman–Crippen LogP) is 2.35. The third-order valence-electron chi connectivity index (χ3n) is 4.41. The highest BCUT2D eigenvalue weighted by atomic mass is 16.3. The molecular formula is C17H26N2O2. The van der Waals surface area contributed by atoms with Crippen molar-refractivity contribution in [3.8, 4) is 5.75 Å². The Bertz CT molecular complexity index is 472. The number of nitrogens with one attached hydrogen (secondary N) is 1. The fraction of sp³-hybridized carbons (Fsp3) is 0.588. The fourth-order valence-electron chi connectivity index (χ4n) is 2.83. The van der Waals surface area contributed by atoms with Crippen molar-refractivity contribution >= 4 is 5.91 Å². The molecule has 1 amide bonds.